The molecule has 2 N–H and O–H groups in total. The highest BCUT2D eigenvalue weighted by atomic mass is 35.5. The Morgan fingerprint density at radius 1 is 1.22 bits per heavy atom. The van der Waals surface area contributed by atoms with E-state index in [-0.39, 0.29) is 11.8 Å². The van der Waals surface area contributed by atoms with E-state index in [2.05, 4.69) is 20.6 Å². The fourth-order valence-electron chi connectivity index (χ4n) is 3.68. The Morgan fingerprint density at radius 3 is 2.84 bits per heavy atom. The summed E-state index contributed by atoms with van der Waals surface area (Å²) in [6.07, 6.45) is 5.81. The molecular formula is C23H24ClN5O2S. The molecule has 4 rings (SSSR count). The normalized spacial score (nSPS) is 15.9. The number of amides is 2. The first-order chi connectivity index (χ1) is 15.5. The first-order valence-corrected chi connectivity index (χ1v) is 11.7. The van der Waals surface area contributed by atoms with Crippen LogP contribution in [0.5, 0.6) is 0 Å². The largest absolute Gasteiger partial charge is 0.350 e. The number of carbonyl (C=O) groups is 2. The summed E-state index contributed by atoms with van der Waals surface area (Å²) < 4.78 is 0. The molecule has 166 valence electrons. The number of pyridine rings is 1. The third-order valence-electron chi connectivity index (χ3n) is 5.45. The van der Waals surface area contributed by atoms with E-state index in [0.717, 1.165) is 29.7 Å². The molecule has 0 saturated carbocycles. The first kappa shape index (κ1) is 22.2. The number of piperidine rings is 1. The van der Waals surface area contributed by atoms with Crippen molar-refractivity contribution in [2.45, 2.75) is 38.8 Å². The number of halogens is 1. The zero-order chi connectivity index (χ0) is 22.5. The van der Waals surface area contributed by atoms with Crippen LogP contribution in [0.1, 0.15) is 40.9 Å². The van der Waals surface area contributed by atoms with Crippen LogP contribution in [0, 0.1) is 6.92 Å². The number of aryl methyl sites for hydroxylation is 1. The van der Waals surface area contributed by atoms with Crippen LogP contribution in [0.2, 0.25) is 5.02 Å². The molecule has 7 nitrogen and oxygen atoms in total. The zero-order valence-corrected chi connectivity index (χ0v) is 19.2. The van der Waals surface area contributed by atoms with Crippen molar-refractivity contribution in [1.29, 1.82) is 0 Å². The summed E-state index contributed by atoms with van der Waals surface area (Å²) in [6, 6.07) is 8.80. The number of benzene rings is 1. The fourth-order valence-corrected chi connectivity index (χ4v) is 4.54. The highest BCUT2D eigenvalue weighted by Crippen LogP contribution is 2.27. The zero-order valence-electron chi connectivity index (χ0n) is 17.7. The lowest BCUT2D eigenvalue weighted by atomic mass is 10.0. The van der Waals surface area contributed by atoms with Gasteiger partial charge in [0.05, 0.1) is 0 Å². The SMILES string of the molecule is Cc1ccc(Cl)cc1Nc1nc(C(=O)N2CCCC[C@@H]2C(=O)NCc2ccncc2)cs1. The molecule has 9 heteroatoms. The van der Waals surface area contributed by atoms with Gasteiger partial charge in [-0.15, -0.1) is 11.3 Å². The van der Waals surface area contributed by atoms with E-state index in [1.54, 1.807) is 22.7 Å². The minimum absolute atomic E-state index is 0.141. The summed E-state index contributed by atoms with van der Waals surface area (Å²) in [5.41, 5.74) is 3.18. The van der Waals surface area contributed by atoms with E-state index in [0.29, 0.717) is 35.4 Å². The average molecular weight is 470 g/mol. The predicted molar refractivity (Wildman–Crippen MR) is 126 cm³/mol. The van der Waals surface area contributed by atoms with Gasteiger partial charge in [-0.3, -0.25) is 14.6 Å². The monoisotopic (exact) mass is 469 g/mol. The lowest BCUT2D eigenvalue weighted by Gasteiger charge is -2.34. The molecule has 32 heavy (non-hydrogen) atoms. The van der Waals surface area contributed by atoms with Crippen LogP contribution < -0.4 is 10.6 Å². The topological polar surface area (TPSA) is 87.2 Å². The molecule has 1 atom stereocenters. The maximum absolute atomic E-state index is 13.2. The van der Waals surface area contributed by atoms with Crippen molar-refractivity contribution in [3.8, 4) is 0 Å². The van der Waals surface area contributed by atoms with E-state index in [4.69, 9.17) is 11.6 Å². The number of hydrogen-bond donors (Lipinski definition) is 2. The fraction of sp³-hybridized carbons (Fsp3) is 0.304. The van der Waals surface area contributed by atoms with Crippen molar-refractivity contribution in [1.82, 2.24) is 20.2 Å². The Balaban J connectivity index is 1.44. The van der Waals surface area contributed by atoms with Gasteiger partial charge in [-0.05, 0) is 61.6 Å². The second-order valence-electron chi connectivity index (χ2n) is 7.71. The standard InChI is InChI=1S/C23H24ClN5O2S/c1-15-5-6-17(24)12-18(15)27-23-28-19(14-32-23)22(31)29-11-3-2-4-20(29)21(30)26-13-16-7-9-25-10-8-16/h5-10,12,14,20H,2-4,11,13H2,1H3,(H,26,30)(H,27,28)/t20-/m1/s1. The average Bonchev–Trinajstić information content (AvgIpc) is 3.28. The molecule has 1 saturated heterocycles. The van der Waals surface area contributed by atoms with Gasteiger partial charge in [0, 0.05) is 41.6 Å². The number of carbonyl (C=O) groups excluding carboxylic acids is 2. The number of nitrogens with one attached hydrogen (secondary N) is 2. The highest BCUT2D eigenvalue weighted by Gasteiger charge is 2.33. The summed E-state index contributed by atoms with van der Waals surface area (Å²) in [4.78, 5) is 36.2. The summed E-state index contributed by atoms with van der Waals surface area (Å²) in [7, 11) is 0. The lowest BCUT2D eigenvalue weighted by Crippen LogP contribution is -2.51. The first-order valence-electron chi connectivity index (χ1n) is 10.5. The maximum atomic E-state index is 13.2. The molecular weight excluding hydrogens is 446 g/mol. The van der Waals surface area contributed by atoms with Gasteiger partial charge in [-0.1, -0.05) is 17.7 Å². The minimum Gasteiger partial charge on any atom is -0.350 e. The quantitative estimate of drug-likeness (QED) is 0.552. The number of rotatable bonds is 6. The van der Waals surface area contributed by atoms with E-state index in [9.17, 15) is 9.59 Å². The van der Waals surface area contributed by atoms with Gasteiger partial charge >= 0.3 is 0 Å². The van der Waals surface area contributed by atoms with Crippen LogP contribution in [0.15, 0.2) is 48.1 Å². The van der Waals surface area contributed by atoms with Crippen molar-refractivity contribution in [3.05, 3.63) is 69.9 Å². The Hall–Kier alpha value is -2.97. The van der Waals surface area contributed by atoms with Gasteiger partial charge in [0.25, 0.3) is 5.91 Å². The molecule has 3 heterocycles. The number of hydrogen-bond acceptors (Lipinski definition) is 6. The summed E-state index contributed by atoms with van der Waals surface area (Å²) >= 11 is 7.44. The Morgan fingerprint density at radius 2 is 2.03 bits per heavy atom. The Kier molecular flexibility index (Phi) is 7.02. The van der Waals surface area contributed by atoms with Gasteiger partial charge in [0.15, 0.2) is 5.13 Å². The Labute approximate surface area is 195 Å². The van der Waals surface area contributed by atoms with Crippen LogP contribution >= 0.6 is 22.9 Å². The van der Waals surface area contributed by atoms with Crippen molar-refractivity contribution in [3.63, 3.8) is 0 Å². The summed E-state index contributed by atoms with van der Waals surface area (Å²) in [6.45, 7) is 2.92. The molecule has 0 unspecified atom stereocenters. The smallest absolute Gasteiger partial charge is 0.274 e. The minimum atomic E-state index is -0.494. The third kappa shape index (κ3) is 5.26. The summed E-state index contributed by atoms with van der Waals surface area (Å²) in [5, 5.41) is 9.14. The lowest BCUT2D eigenvalue weighted by molar-refractivity contribution is -0.126. The molecule has 0 bridgehead atoms. The predicted octanol–water partition coefficient (Wildman–Crippen LogP) is 4.55. The van der Waals surface area contributed by atoms with Crippen LogP contribution in [-0.2, 0) is 11.3 Å². The van der Waals surface area contributed by atoms with Crippen molar-refractivity contribution < 1.29 is 9.59 Å². The van der Waals surface area contributed by atoms with E-state index in [1.807, 2.05) is 37.3 Å². The Bertz CT molecular complexity index is 1100. The molecule has 0 radical (unpaired) electrons. The number of thiazole rings is 1. The highest BCUT2D eigenvalue weighted by molar-refractivity contribution is 7.14. The number of aromatic nitrogens is 2. The van der Waals surface area contributed by atoms with Crippen molar-refractivity contribution in [2.24, 2.45) is 0 Å². The third-order valence-corrected chi connectivity index (χ3v) is 6.44. The molecule has 0 spiro atoms. The van der Waals surface area contributed by atoms with Crippen LogP contribution in [-0.4, -0.2) is 39.3 Å². The van der Waals surface area contributed by atoms with Gasteiger partial charge < -0.3 is 15.5 Å². The van der Waals surface area contributed by atoms with Crippen molar-refractivity contribution >= 4 is 45.6 Å². The van der Waals surface area contributed by atoms with E-state index < -0.39 is 6.04 Å². The maximum Gasteiger partial charge on any atom is 0.274 e. The van der Waals surface area contributed by atoms with Crippen LogP contribution in [0.3, 0.4) is 0 Å². The van der Waals surface area contributed by atoms with Gasteiger partial charge in [-0.2, -0.15) is 0 Å². The molecule has 2 aromatic heterocycles. The van der Waals surface area contributed by atoms with E-state index >= 15 is 0 Å². The van der Waals surface area contributed by atoms with Gasteiger partial charge in [-0.25, -0.2) is 4.98 Å². The molecule has 3 aromatic rings. The molecule has 1 aliphatic heterocycles. The van der Waals surface area contributed by atoms with Gasteiger partial charge in [0.1, 0.15) is 11.7 Å². The van der Waals surface area contributed by atoms with Crippen LogP contribution in [0.25, 0.3) is 0 Å². The van der Waals surface area contributed by atoms with E-state index in [1.165, 1.54) is 11.3 Å². The number of likely N-dealkylation sites (tertiary alicyclic amines) is 1. The second kappa shape index (κ2) is 10.1. The number of nitrogens with zero attached hydrogens (tertiary/aromatic N) is 3. The molecule has 1 aromatic carbocycles. The van der Waals surface area contributed by atoms with Gasteiger partial charge in [0.2, 0.25) is 5.91 Å². The molecule has 1 fully saturated rings. The summed E-state index contributed by atoms with van der Waals surface area (Å²) in [5.74, 6) is -0.362. The molecule has 2 amide bonds. The number of anilines is 2. The molecule has 0 aliphatic carbocycles. The second-order valence-corrected chi connectivity index (χ2v) is 9.00. The molecule has 1 aliphatic rings. The van der Waals surface area contributed by atoms with Crippen LogP contribution in [0.4, 0.5) is 10.8 Å². The van der Waals surface area contributed by atoms with Crippen molar-refractivity contribution in [2.75, 3.05) is 11.9 Å².